The van der Waals surface area contributed by atoms with Crippen molar-refractivity contribution in [2.24, 2.45) is 5.73 Å². The lowest BCUT2D eigenvalue weighted by Crippen LogP contribution is -2.21. The summed E-state index contributed by atoms with van der Waals surface area (Å²) in [4.78, 5) is 0. The summed E-state index contributed by atoms with van der Waals surface area (Å²) in [5, 5.41) is 3.20. The summed E-state index contributed by atoms with van der Waals surface area (Å²) in [6.07, 6.45) is 3.28. The second-order valence-electron chi connectivity index (χ2n) is 3.66. The first kappa shape index (κ1) is 11.8. The molecule has 0 radical (unpaired) electrons. The maximum absolute atomic E-state index is 5.39. The summed E-state index contributed by atoms with van der Waals surface area (Å²) < 4.78 is 0. The first-order chi connectivity index (χ1) is 7.33. The lowest BCUT2D eigenvalue weighted by Gasteiger charge is -2.07. The van der Waals surface area contributed by atoms with Gasteiger partial charge in [-0.05, 0) is 24.8 Å². The molecule has 2 heteroatoms. The van der Waals surface area contributed by atoms with Gasteiger partial charge in [0.2, 0.25) is 0 Å². The number of nitrogens with two attached hydrogens (primary N) is 1. The molecule has 2 nitrogen and oxygen atoms in total. The molecule has 0 aliphatic heterocycles. The third kappa shape index (κ3) is 5.23. The van der Waals surface area contributed by atoms with E-state index in [0.717, 1.165) is 31.5 Å². The molecular formula is C13H20N2. The molecular weight excluding hydrogens is 184 g/mol. The van der Waals surface area contributed by atoms with Crippen LogP contribution in [-0.4, -0.2) is 13.1 Å². The summed E-state index contributed by atoms with van der Waals surface area (Å²) in [7, 11) is 0. The molecule has 1 aromatic rings. The number of nitrogens with one attached hydrogen (secondary N) is 1. The maximum Gasteiger partial charge on any atom is 0.0266 e. The number of rotatable bonds is 7. The smallest absolute Gasteiger partial charge is 0.0266 e. The Balaban J connectivity index is 2.14. The summed E-state index contributed by atoms with van der Waals surface area (Å²) in [6.45, 7) is 5.44. The Labute approximate surface area is 92.2 Å². The molecule has 3 N–H and O–H groups in total. The average molecular weight is 204 g/mol. The highest BCUT2D eigenvalue weighted by atomic mass is 14.9. The summed E-state index contributed by atoms with van der Waals surface area (Å²) in [6, 6.07) is 10.5. The van der Waals surface area contributed by atoms with Crippen molar-refractivity contribution in [1.29, 1.82) is 0 Å². The van der Waals surface area contributed by atoms with E-state index in [4.69, 9.17) is 5.73 Å². The van der Waals surface area contributed by atoms with Crippen molar-refractivity contribution in [3.8, 4) is 0 Å². The van der Waals surface area contributed by atoms with Crippen LogP contribution < -0.4 is 11.1 Å². The summed E-state index contributed by atoms with van der Waals surface area (Å²) in [5.41, 5.74) is 7.88. The number of aryl methyl sites for hydroxylation is 1. The van der Waals surface area contributed by atoms with Crippen LogP contribution in [0.5, 0.6) is 0 Å². The van der Waals surface area contributed by atoms with Gasteiger partial charge in [0.1, 0.15) is 0 Å². The van der Waals surface area contributed by atoms with E-state index < -0.39 is 0 Å². The van der Waals surface area contributed by atoms with Gasteiger partial charge < -0.3 is 11.1 Å². The Morgan fingerprint density at radius 2 is 2.00 bits per heavy atom. The van der Waals surface area contributed by atoms with Gasteiger partial charge in [-0.2, -0.15) is 0 Å². The zero-order chi connectivity index (χ0) is 10.9. The molecule has 1 aromatic carbocycles. The van der Waals surface area contributed by atoms with Crippen molar-refractivity contribution >= 4 is 0 Å². The van der Waals surface area contributed by atoms with Gasteiger partial charge in [-0.3, -0.25) is 0 Å². The molecule has 15 heavy (non-hydrogen) atoms. The molecule has 1 rings (SSSR count). The third-order valence-corrected chi connectivity index (χ3v) is 2.31. The normalized spacial score (nSPS) is 9.93. The quantitative estimate of drug-likeness (QED) is 0.713. The molecule has 0 atom stereocenters. The lowest BCUT2D eigenvalue weighted by atomic mass is 10.1. The van der Waals surface area contributed by atoms with Crippen LogP contribution in [0.1, 0.15) is 18.4 Å². The molecule has 0 saturated carbocycles. The van der Waals surface area contributed by atoms with Crippen LogP contribution in [0.2, 0.25) is 0 Å². The van der Waals surface area contributed by atoms with Gasteiger partial charge in [0.15, 0.2) is 0 Å². The third-order valence-electron chi connectivity index (χ3n) is 2.31. The fourth-order valence-corrected chi connectivity index (χ4v) is 1.49. The zero-order valence-electron chi connectivity index (χ0n) is 9.21. The molecule has 0 amide bonds. The number of benzene rings is 1. The molecule has 0 heterocycles. The number of hydrogen-bond donors (Lipinski definition) is 2. The monoisotopic (exact) mass is 204 g/mol. The van der Waals surface area contributed by atoms with E-state index in [1.54, 1.807) is 0 Å². The van der Waals surface area contributed by atoms with Crippen molar-refractivity contribution in [2.45, 2.75) is 19.3 Å². The largest absolute Gasteiger partial charge is 0.388 e. The Bertz CT molecular complexity index is 280. The van der Waals surface area contributed by atoms with Gasteiger partial charge in [0, 0.05) is 18.8 Å². The molecule has 82 valence electrons. The molecule has 0 bridgehead atoms. The minimum atomic E-state index is 0.664. The molecule has 0 fully saturated rings. The Hall–Kier alpha value is -1.28. The molecule has 0 aromatic heterocycles. The van der Waals surface area contributed by atoms with Gasteiger partial charge in [-0.25, -0.2) is 0 Å². The van der Waals surface area contributed by atoms with Gasteiger partial charge in [0.05, 0.1) is 0 Å². The van der Waals surface area contributed by atoms with Gasteiger partial charge in [-0.15, -0.1) is 0 Å². The van der Waals surface area contributed by atoms with Crippen molar-refractivity contribution < 1.29 is 0 Å². The first-order valence-electron chi connectivity index (χ1n) is 5.48. The number of hydrogen-bond acceptors (Lipinski definition) is 2. The maximum atomic E-state index is 5.39. The molecule has 0 unspecified atom stereocenters. The number of allylic oxidation sites excluding steroid dienone is 1. The zero-order valence-corrected chi connectivity index (χ0v) is 9.21. The van der Waals surface area contributed by atoms with Crippen molar-refractivity contribution in [3.63, 3.8) is 0 Å². The minimum Gasteiger partial charge on any atom is -0.388 e. The van der Waals surface area contributed by atoms with Crippen molar-refractivity contribution in [2.75, 3.05) is 13.1 Å². The SMILES string of the molecule is C=C(CCCc1ccccc1)NCCN. The van der Waals surface area contributed by atoms with Crippen LogP contribution in [0.15, 0.2) is 42.6 Å². The first-order valence-corrected chi connectivity index (χ1v) is 5.48. The minimum absolute atomic E-state index is 0.664. The van der Waals surface area contributed by atoms with Crippen LogP contribution in [0.3, 0.4) is 0 Å². The predicted octanol–water partition coefficient (Wildman–Crippen LogP) is 2.07. The van der Waals surface area contributed by atoms with Crippen LogP contribution >= 0.6 is 0 Å². The summed E-state index contributed by atoms with van der Waals surface area (Å²) in [5.74, 6) is 0. The van der Waals surface area contributed by atoms with Gasteiger partial charge in [0.25, 0.3) is 0 Å². The predicted molar refractivity (Wildman–Crippen MR) is 65.6 cm³/mol. The van der Waals surface area contributed by atoms with E-state index in [2.05, 4.69) is 36.2 Å². The Morgan fingerprint density at radius 3 is 2.67 bits per heavy atom. The fraction of sp³-hybridized carbons (Fsp3) is 0.385. The van der Waals surface area contributed by atoms with Gasteiger partial charge in [-0.1, -0.05) is 36.9 Å². The van der Waals surface area contributed by atoms with E-state index in [1.165, 1.54) is 5.56 Å². The van der Waals surface area contributed by atoms with E-state index in [9.17, 15) is 0 Å². The Morgan fingerprint density at radius 1 is 1.27 bits per heavy atom. The highest BCUT2D eigenvalue weighted by Gasteiger charge is 1.95. The van der Waals surface area contributed by atoms with E-state index in [-0.39, 0.29) is 0 Å². The topological polar surface area (TPSA) is 38.0 Å². The highest BCUT2D eigenvalue weighted by Crippen LogP contribution is 2.06. The summed E-state index contributed by atoms with van der Waals surface area (Å²) >= 11 is 0. The molecule has 0 aliphatic rings. The van der Waals surface area contributed by atoms with Crippen LogP contribution in [0.25, 0.3) is 0 Å². The van der Waals surface area contributed by atoms with E-state index in [0.29, 0.717) is 6.54 Å². The highest BCUT2D eigenvalue weighted by molar-refractivity contribution is 5.14. The fourth-order valence-electron chi connectivity index (χ4n) is 1.49. The van der Waals surface area contributed by atoms with Crippen LogP contribution in [0.4, 0.5) is 0 Å². The van der Waals surface area contributed by atoms with E-state index in [1.807, 2.05) is 6.07 Å². The molecule has 0 aliphatic carbocycles. The Kier molecular flexibility index (Phi) is 5.56. The molecule has 0 saturated heterocycles. The second kappa shape index (κ2) is 7.07. The second-order valence-corrected chi connectivity index (χ2v) is 3.66. The average Bonchev–Trinajstić information content (AvgIpc) is 2.28. The van der Waals surface area contributed by atoms with Crippen molar-refractivity contribution in [3.05, 3.63) is 48.2 Å². The molecule has 0 spiro atoms. The van der Waals surface area contributed by atoms with E-state index >= 15 is 0 Å². The van der Waals surface area contributed by atoms with Crippen LogP contribution in [-0.2, 0) is 6.42 Å². The standard InChI is InChI=1S/C13H20N2/c1-12(15-11-10-14)6-5-9-13-7-3-2-4-8-13/h2-4,7-8,15H,1,5-6,9-11,14H2. The van der Waals surface area contributed by atoms with Gasteiger partial charge >= 0.3 is 0 Å². The van der Waals surface area contributed by atoms with Crippen molar-refractivity contribution in [1.82, 2.24) is 5.32 Å². The van der Waals surface area contributed by atoms with Crippen LogP contribution in [0, 0.1) is 0 Å². The lowest BCUT2D eigenvalue weighted by molar-refractivity contribution is 0.713.